The highest BCUT2D eigenvalue weighted by Gasteiger charge is 2.23. The molecule has 0 aliphatic rings. The van der Waals surface area contributed by atoms with Crippen LogP contribution in [0.3, 0.4) is 0 Å². The molecular weight excluding hydrogens is 705 g/mol. The van der Waals surface area contributed by atoms with Gasteiger partial charge in [0.25, 0.3) is 0 Å². The minimum atomic E-state index is 1.06. The summed E-state index contributed by atoms with van der Waals surface area (Å²) < 4.78 is 9.74. The van der Waals surface area contributed by atoms with Crippen LogP contribution in [0, 0.1) is 12.1 Å². The fourth-order valence-corrected chi connectivity index (χ4v) is 9.78. The smallest absolute Gasteiger partial charge is 0.0881 e. The van der Waals surface area contributed by atoms with Crippen molar-refractivity contribution in [2.45, 2.75) is 0 Å². The number of benzene rings is 8. The Morgan fingerprint density at radius 2 is 0.517 bits per heavy atom. The first kappa shape index (κ1) is 31.2. The van der Waals surface area contributed by atoms with Crippen molar-refractivity contribution < 1.29 is 0 Å². The van der Waals surface area contributed by atoms with Crippen LogP contribution in [0.4, 0.5) is 0 Å². The van der Waals surface area contributed by atoms with E-state index >= 15 is 0 Å². The van der Waals surface area contributed by atoms with Crippen LogP contribution in [0.25, 0.3) is 110 Å². The highest BCUT2D eigenvalue weighted by atomic mass is 15.1. The highest BCUT2D eigenvalue weighted by Crippen LogP contribution is 2.43. The molecule has 58 heavy (non-hydrogen) atoms. The molecule has 0 aliphatic heterocycles. The van der Waals surface area contributed by atoms with Gasteiger partial charge in [0.15, 0.2) is 0 Å². The average Bonchev–Trinajstić information content (AvgIpc) is 4.02. The minimum Gasteiger partial charge on any atom is -0.307 e. The molecule has 0 bridgehead atoms. The lowest BCUT2D eigenvalue weighted by Crippen LogP contribution is -2.00. The summed E-state index contributed by atoms with van der Waals surface area (Å²) in [7, 11) is 0. The van der Waals surface area contributed by atoms with Crippen LogP contribution in [0.2, 0.25) is 0 Å². The Morgan fingerprint density at radius 1 is 0.224 bits per heavy atom. The van der Waals surface area contributed by atoms with E-state index in [-0.39, 0.29) is 0 Å². The fraction of sp³-hybridized carbons (Fsp3) is 0. The molecular formula is C54H32N4. The maximum absolute atomic E-state index is 3.64. The molecule has 0 aliphatic carbocycles. The molecule has 268 valence electrons. The predicted molar refractivity (Wildman–Crippen MR) is 241 cm³/mol. The number of nitrogens with zero attached hydrogens (tertiary/aromatic N) is 4. The summed E-state index contributed by atoms with van der Waals surface area (Å²) in [6, 6.07) is 77.4. The summed E-state index contributed by atoms with van der Waals surface area (Å²) in [5.74, 6) is 0. The third kappa shape index (κ3) is 4.14. The summed E-state index contributed by atoms with van der Waals surface area (Å²) in [6.45, 7) is 0. The van der Waals surface area contributed by atoms with Crippen molar-refractivity contribution in [1.29, 1.82) is 0 Å². The molecule has 0 spiro atoms. The highest BCUT2D eigenvalue weighted by molar-refractivity contribution is 6.24. The van der Waals surface area contributed by atoms with Crippen molar-refractivity contribution in [2.75, 3.05) is 0 Å². The topological polar surface area (TPSA) is 19.7 Å². The molecule has 0 saturated heterocycles. The van der Waals surface area contributed by atoms with E-state index in [1.165, 1.54) is 43.6 Å². The molecule has 0 atom stereocenters. The van der Waals surface area contributed by atoms with E-state index in [0.29, 0.717) is 0 Å². The lowest BCUT2D eigenvalue weighted by molar-refractivity contribution is 1.13. The predicted octanol–water partition coefficient (Wildman–Crippen LogP) is 13.7. The molecule has 9 aromatic carbocycles. The second-order valence-electron chi connectivity index (χ2n) is 15.2. The Hall–Kier alpha value is -8.00. The van der Waals surface area contributed by atoms with Gasteiger partial charge in [-0.25, -0.2) is 0 Å². The lowest BCUT2D eigenvalue weighted by atomic mass is 10.1. The van der Waals surface area contributed by atoms with Crippen molar-refractivity contribution >= 4 is 87.2 Å². The van der Waals surface area contributed by atoms with Gasteiger partial charge in [-0.3, -0.25) is 0 Å². The van der Waals surface area contributed by atoms with E-state index in [4.69, 9.17) is 0 Å². The Labute approximate surface area is 333 Å². The zero-order chi connectivity index (χ0) is 37.9. The monoisotopic (exact) mass is 736 g/mol. The molecule has 4 nitrogen and oxygen atoms in total. The maximum atomic E-state index is 3.64. The van der Waals surface area contributed by atoms with Crippen molar-refractivity contribution in [3.63, 3.8) is 0 Å². The van der Waals surface area contributed by atoms with Crippen molar-refractivity contribution in [2.24, 2.45) is 0 Å². The van der Waals surface area contributed by atoms with Gasteiger partial charge in [0.1, 0.15) is 0 Å². The van der Waals surface area contributed by atoms with Crippen LogP contribution in [0.15, 0.2) is 194 Å². The van der Waals surface area contributed by atoms with Crippen LogP contribution in [0.1, 0.15) is 0 Å². The van der Waals surface area contributed by atoms with E-state index in [1.807, 2.05) is 0 Å². The molecule has 0 N–H and O–H groups in total. The van der Waals surface area contributed by atoms with E-state index in [2.05, 4.69) is 225 Å². The first-order valence-electron chi connectivity index (χ1n) is 19.8. The third-order valence-corrected chi connectivity index (χ3v) is 12.1. The molecule has 4 heterocycles. The van der Waals surface area contributed by atoms with E-state index in [1.54, 1.807) is 0 Å². The molecule has 13 aromatic rings. The first-order valence-corrected chi connectivity index (χ1v) is 19.8. The second-order valence-corrected chi connectivity index (χ2v) is 15.2. The van der Waals surface area contributed by atoms with Gasteiger partial charge in [0, 0.05) is 55.1 Å². The van der Waals surface area contributed by atoms with Gasteiger partial charge < -0.3 is 18.3 Å². The fourth-order valence-electron chi connectivity index (χ4n) is 9.78. The van der Waals surface area contributed by atoms with E-state index in [0.717, 1.165) is 66.4 Å². The Morgan fingerprint density at radius 3 is 0.914 bits per heavy atom. The molecule has 0 amide bonds. The zero-order valence-electron chi connectivity index (χ0n) is 31.3. The van der Waals surface area contributed by atoms with Gasteiger partial charge in [-0.1, -0.05) is 133 Å². The lowest BCUT2D eigenvalue weighted by Gasteiger charge is -2.14. The van der Waals surface area contributed by atoms with E-state index < -0.39 is 0 Å². The number of para-hydroxylation sites is 6. The molecule has 4 aromatic heterocycles. The van der Waals surface area contributed by atoms with Crippen LogP contribution in [-0.2, 0) is 0 Å². The number of hydrogen-bond donors (Lipinski definition) is 0. The van der Waals surface area contributed by atoms with Crippen LogP contribution in [-0.4, -0.2) is 18.3 Å². The minimum absolute atomic E-state index is 1.06. The second kappa shape index (κ2) is 11.8. The average molecular weight is 737 g/mol. The van der Waals surface area contributed by atoms with Crippen LogP contribution < -0.4 is 0 Å². The van der Waals surface area contributed by atoms with Gasteiger partial charge in [-0.15, -0.1) is 0 Å². The maximum Gasteiger partial charge on any atom is 0.0881 e. The molecule has 13 rings (SSSR count). The number of fused-ring (bicyclic) bond motifs is 14. The summed E-state index contributed by atoms with van der Waals surface area (Å²) >= 11 is 0. The zero-order valence-corrected chi connectivity index (χ0v) is 31.3. The standard InChI is InChI=1S/C54H32N4/c1-3-15-35(16-4-1)55-47-23-11-7-19-39(47)43-31-33-45-41-21-9-13-25-49(41)57(53(45)51(43)55)37-27-29-38(30-28-37)58-50-26-14-10-22-42(50)46-34-32-44-40-20-8-12-24-48(40)56(52(44)54(46)58)36-17-5-2-6-18-36/h1-31,33H. The van der Waals surface area contributed by atoms with Gasteiger partial charge in [0.05, 0.1) is 54.9 Å². The van der Waals surface area contributed by atoms with Gasteiger partial charge in [0.2, 0.25) is 0 Å². The summed E-state index contributed by atoms with van der Waals surface area (Å²) in [5.41, 5.74) is 13.8. The van der Waals surface area contributed by atoms with Crippen LogP contribution in [0.5, 0.6) is 0 Å². The van der Waals surface area contributed by atoms with Crippen molar-refractivity contribution in [3.05, 3.63) is 206 Å². The van der Waals surface area contributed by atoms with E-state index in [9.17, 15) is 0 Å². The Kier molecular flexibility index (Phi) is 6.33. The number of rotatable bonds is 4. The van der Waals surface area contributed by atoms with Crippen molar-refractivity contribution in [3.8, 4) is 22.7 Å². The molecule has 4 heteroatoms. The van der Waals surface area contributed by atoms with Crippen LogP contribution >= 0.6 is 0 Å². The molecule has 0 radical (unpaired) electrons. The van der Waals surface area contributed by atoms with Gasteiger partial charge >= 0.3 is 0 Å². The van der Waals surface area contributed by atoms with Crippen molar-refractivity contribution in [1.82, 2.24) is 18.3 Å². The van der Waals surface area contributed by atoms with Gasteiger partial charge in [-0.05, 0) is 72.8 Å². The largest absolute Gasteiger partial charge is 0.307 e. The molecule has 0 saturated carbocycles. The Bertz CT molecular complexity index is 3520. The first-order chi connectivity index (χ1) is 28.8. The Balaban J connectivity index is 1.11. The quantitative estimate of drug-likeness (QED) is 0.171. The summed E-state index contributed by atoms with van der Waals surface area (Å²) in [4.78, 5) is 0. The third-order valence-electron chi connectivity index (χ3n) is 12.1. The number of hydrogen-bond acceptors (Lipinski definition) is 0. The SMILES string of the molecule is c1c2c3ccccc3n(-c3ccccc3)c2c2c(c#1)c1ccccc1n2-c1ccc(-n2c3ccccc3c3ccc4c5ccccc5n(-c5ccccc5)c4c32)cc1. The van der Waals surface area contributed by atoms with Gasteiger partial charge in [-0.2, -0.15) is 0 Å². The molecule has 0 unspecified atom stereocenters. The summed E-state index contributed by atoms with van der Waals surface area (Å²) in [5, 5.41) is 9.40. The normalized spacial score (nSPS) is 12.0. The number of aromatic nitrogens is 4. The molecule has 0 fully saturated rings. The summed E-state index contributed by atoms with van der Waals surface area (Å²) in [6.07, 6.45) is 0.